The van der Waals surface area contributed by atoms with Crippen LogP contribution in [0.25, 0.3) is 10.8 Å². The zero-order valence-corrected chi connectivity index (χ0v) is 11.8. The molecule has 0 saturated carbocycles. The van der Waals surface area contributed by atoms with Crippen LogP contribution < -0.4 is 4.74 Å². The number of ether oxygens (including phenoxy) is 1. The first-order valence-electron chi connectivity index (χ1n) is 6.43. The highest BCUT2D eigenvalue weighted by molar-refractivity contribution is 6.35. The Kier molecular flexibility index (Phi) is 3.78. The minimum atomic E-state index is -0.449. The first kappa shape index (κ1) is 13.9. The Hall–Kier alpha value is -2.10. The van der Waals surface area contributed by atoms with Crippen LogP contribution in [0.15, 0.2) is 54.6 Å². The molecule has 0 heterocycles. The Bertz CT molecular complexity index is 802. The molecule has 0 bridgehead atoms. The predicted molar refractivity (Wildman–Crippen MR) is 81.4 cm³/mol. The molecule has 3 aromatic carbocycles. The molecule has 0 spiro atoms. The van der Waals surface area contributed by atoms with E-state index in [0.717, 1.165) is 10.8 Å². The maximum atomic E-state index is 13.5. The summed E-state index contributed by atoms with van der Waals surface area (Å²) in [4.78, 5) is 0. The monoisotopic (exact) mass is 302 g/mol. The number of hydrogen-bond donors (Lipinski definition) is 1. The third-order valence-electron chi connectivity index (χ3n) is 3.17. The predicted octanol–water partition coefficient (Wildman–Crippen LogP) is 4.92. The second-order valence-electron chi connectivity index (χ2n) is 4.65. The van der Waals surface area contributed by atoms with Gasteiger partial charge in [0.1, 0.15) is 17.3 Å². The van der Waals surface area contributed by atoms with E-state index < -0.39 is 5.82 Å². The summed E-state index contributed by atoms with van der Waals surface area (Å²) in [6.07, 6.45) is 0. The molecule has 3 aromatic rings. The quantitative estimate of drug-likeness (QED) is 0.744. The van der Waals surface area contributed by atoms with Crippen molar-refractivity contribution in [3.63, 3.8) is 0 Å². The van der Waals surface area contributed by atoms with Crippen molar-refractivity contribution in [2.75, 3.05) is 0 Å². The van der Waals surface area contributed by atoms with E-state index in [1.807, 2.05) is 24.3 Å². The van der Waals surface area contributed by atoms with Gasteiger partial charge in [-0.15, -0.1) is 0 Å². The Morgan fingerprint density at radius 3 is 2.52 bits per heavy atom. The lowest BCUT2D eigenvalue weighted by molar-refractivity contribution is 0.280. The number of halogens is 2. The standard InChI is InChI=1S/C17H12ClFO2/c18-16-5-6-17(15-4-2-1-3-14(15)16)21-13-8-11(10-20)7-12(19)9-13/h1-9,20H,10H2. The van der Waals surface area contributed by atoms with Gasteiger partial charge < -0.3 is 9.84 Å². The molecule has 1 N–H and O–H groups in total. The third kappa shape index (κ3) is 2.84. The average Bonchev–Trinajstić information content (AvgIpc) is 2.50. The van der Waals surface area contributed by atoms with Crippen molar-refractivity contribution >= 4 is 22.4 Å². The van der Waals surface area contributed by atoms with E-state index in [4.69, 9.17) is 21.4 Å². The molecule has 106 valence electrons. The molecule has 2 nitrogen and oxygen atoms in total. The fourth-order valence-electron chi connectivity index (χ4n) is 2.22. The fraction of sp³-hybridized carbons (Fsp3) is 0.0588. The van der Waals surface area contributed by atoms with Crippen LogP contribution in [0.1, 0.15) is 5.56 Å². The zero-order valence-electron chi connectivity index (χ0n) is 11.0. The minimum absolute atomic E-state index is 0.241. The molecular weight excluding hydrogens is 291 g/mol. The Balaban J connectivity index is 2.06. The highest BCUT2D eigenvalue weighted by atomic mass is 35.5. The van der Waals surface area contributed by atoms with Gasteiger partial charge in [-0.3, -0.25) is 0 Å². The molecule has 0 radical (unpaired) electrons. The minimum Gasteiger partial charge on any atom is -0.457 e. The maximum absolute atomic E-state index is 13.5. The maximum Gasteiger partial charge on any atom is 0.135 e. The number of aliphatic hydroxyl groups is 1. The molecule has 0 fully saturated rings. The third-order valence-corrected chi connectivity index (χ3v) is 3.50. The van der Waals surface area contributed by atoms with E-state index in [-0.39, 0.29) is 6.61 Å². The topological polar surface area (TPSA) is 29.5 Å². The summed E-state index contributed by atoms with van der Waals surface area (Å²) in [6, 6.07) is 15.2. The second kappa shape index (κ2) is 5.72. The second-order valence-corrected chi connectivity index (χ2v) is 5.05. The lowest BCUT2D eigenvalue weighted by atomic mass is 10.1. The summed E-state index contributed by atoms with van der Waals surface area (Å²) in [5, 5.41) is 11.5. The van der Waals surface area contributed by atoms with Crippen LogP contribution in [0.2, 0.25) is 5.02 Å². The molecule has 0 aliphatic rings. The van der Waals surface area contributed by atoms with Crippen molar-refractivity contribution in [2.24, 2.45) is 0 Å². The number of fused-ring (bicyclic) bond motifs is 1. The van der Waals surface area contributed by atoms with E-state index in [2.05, 4.69) is 0 Å². The summed E-state index contributed by atoms with van der Waals surface area (Å²) >= 11 is 6.16. The van der Waals surface area contributed by atoms with Crippen molar-refractivity contribution < 1.29 is 14.2 Å². The van der Waals surface area contributed by atoms with Crippen molar-refractivity contribution in [1.82, 2.24) is 0 Å². The van der Waals surface area contributed by atoms with Crippen LogP contribution in [0, 0.1) is 5.82 Å². The van der Waals surface area contributed by atoms with Gasteiger partial charge in [0.25, 0.3) is 0 Å². The lowest BCUT2D eigenvalue weighted by Crippen LogP contribution is -1.91. The van der Waals surface area contributed by atoms with Gasteiger partial charge in [0, 0.05) is 21.9 Å². The number of rotatable bonds is 3. The van der Waals surface area contributed by atoms with Crippen molar-refractivity contribution in [3.05, 3.63) is 71.0 Å². The smallest absolute Gasteiger partial charge is 0.135 e. The summed E-state index contributed by atoms with van der Waals surface area (Å²) in [5.41, 5.74) is 0.461. The van der Waals surface area contributed by atoms with E-state index >= 15 is 0 Å². The van der Waals surface area contributed by atoms with Crippen LogP contribution in [-0.4, -0.2) is 5.11 Å². The van der Waals surface area contributed by atoms with E-state index in [0.29, 0.717) is 22.1 Å². The van der Waals surface area contributed by atoms with Gasteiger partial charge in [0.2, 0.25) is 0 Å². The van der Waals surface area contributed by atoms with Crippen molar-refractivity contribution in [1.29, 1.82) is 0 Å². The molecule has 0 unspecified atom stereocenters. The molecule has 0 aromatic heterocycles. The van der Waals surface area contributed by atoms with E-state index in [1.165, 1.54) is 12.1 Å². The molecule has 3 rings (SSSR count). The molecule has 0 saturated heterocycles. The SMILES string of the molecule is OCc1cc(F)cc(Oc2ccc(Cl)c3ccccc23)c1. The van der Waals surface area contributed by atoms with Crippen LogP contribution in [0.3, 0.4) is 0 Å². The summed E-state index contributed by atoms with van der Waals surface area (Å²) < 4.78 is 19.2. The van der Waals surface area contributed by atoms with Gasteiger partial charge in [-0.05, 0) is 29.8 Å². The Morgan fingerprint density at radius 1 is 1.00 bits per heavy atom. The van der Waals surface area contributed by atoms with E-state index in [1.54, 1.807) is 18.2 Å². The first-order valence-corrected chi connectivity index (χ1v) is 6.80. The van der Waals surface area contributed by atoms with Gasteiger partial charge in [-0.1, -0.05) is 35.9 Å². The lowest BCUT2D eigenvalue weighted by Gasteiger charge is -2.11. The van der Waals surface area contributed by atoms with Gasteiger partial charge >= 0.3 is 0 Å². The summed E-state index contributed by atoms with van der Waals surface area (Å²) in [7, 11) is 0. The molecule has 4 heteroatoms. The normalized spacial score (nSPS) is 10.8. The number of hydrogen-bond acceptors (Lipinski definition) is 2. The summed E-state index contributed by atoms with van der Waals surface area (Å²) in [6.45, 7) is -0.241. The van der Waals surface area contributed by atoms with Crippen molar-refractivity contribution in [2.45, 2.75) is 6.61 Å². The number of aliphatic hydroxyl groups excluding tert-OH is 1. The van der Waals surface area contributed by atoms with Gasteiger partial charge in [-0.25, -0.2) is 4.39 Å². The van der Waals surface area contributed by atoms with E-state index in [9.17, 15) is 4.39 Å². The molecule has 0 aliphatic carbocycles. The zero-order chi connectivity index (χ0) is 14.8. The highest BCUT2D eigenvalue weighted by Gasteiger charge is 2.08. The van der Waals surface area contributed by atoms with Crippen molar-refractivity contribution in [3.8, 4) is 11.5 Å². The molecular formula is C17H12ClFO2. The molecule has 0 atom stereocenters. The van der Waals surface area contributed by atoms with Gasteiger partial charge in [0.15, 0.2) is 0 Å². The van der Waals surface area contributed by atoms with Crippen LogP contribution >= 0.6 is 11.6 Å². The van der Waals surface area contributed by atoms with Crippen LogP contribution in [0.5, 0.6) is 11.5 Å². The average molecular weight is 303 g/mol. The van der Waals surface area contributed by atoms with Crippen LogP contribution in [0.4, 0.5) is 4.39 Å². The first-order chi connectivity index (χ1) is 10.2. The van der Waals surface area contributed by atoms with Crippen LogP contribution in [-0.2, 0) is 6.61 Å². The van der Waals surface area contributed by atoms with Gasteiger partial charge in [0.05, 0.1) is 6.61 Å². The molecule has 21 heavy (non-hydrogen) atoms. The largest absolute Gasteiger partial charge is 0.457 e. The fourth-order valence-corrected chi connectivity index (χ4v) is 2.45. The Morgan fingerprint density at radius 2 is 1.76 bits per heavy atom. The highest BCUT2D eigenvalue weighted by Crippen LogP contribution is 2.34. The molecule has 0 amide bonds. The molecule has 0 aliphatic heterocycles. The summed E-state index contributed by atoms with van der Waals surface area (Å²) in [5.74, 6) is 0.478. The number of benzene rings is 3. The van der Waals surface area contributed by atoms with Gasteiger partial charge in [-0.2, -0.15) is 0 Å². The Labute approximate surface area is 126 Å².